The minimum atomic E-state index is 0.566. The Hall–Kier alpha value is -1.89. The first-order valence-electron chi connectivity index (χ1n) is 8.50. The average molecular weight is 426 g/mol. The monoisotopic (exact) mass is 425 g/mol. The Labute approximate surface area is 174 Å². The number of para-hydroxylation sites is 1. The van der Waals surface area contributed by atoms with Gasteiger partial charge < -0.3 is 24.6 Å². The molecule has 2 aromatic rings. The molecule has 8 heteroatoms. The van der Waals surface area contributed by atoms with Crippen LogP contribution in [-0.2, 0) is 0 Å². The van der Waals surface area contributed by atoms with Crippen molar-refractivity contribution in [2.24, 2.45) is 0 Å². The second-order valence-corrected chi connectivity index (χ2v) is 7.24. The van der Waals surface area contributed by atoms with Gasteiger partial charge in [-0.3, -0.25) is 0 Å². The van der Waals surface area contributed by atoms with Gasteiger partial charge in [0.2, 0.25) is 0 Å². The lowest BCUT2D eigenvalue weighted by Gasteiger charge is -2.37. The van der Waals surface area contributed by atoms with Gasteiger partial charge in [-0.25, -0.2) is 0 Å². The highest BCUT2D eigenvalue weighted by Crippen LogP contribution is 2.35. The van der Waals surface area contributed by atoms with E-state index in [4.69, 9.17) is 44.9 Å². The summed E-state index contributed by atoms with van der Waals surface area (Å²) in [6, 6.07) is 11.4. The van der Waals surface area contributed by atoms with Gasteiger partial charge in [0.05, 0.1) is 30.0 Å². The molecule has 1 saturated heterocycles. The molecule has 27 heavy (non-hydrogen) atoms. The molecular weight excluding hydrogens is 405 g/mol. The molecule has 0 saturated carbocycles. The molecule has 3 rings (SSSR count). The quantitative estimate of drug-likeness (QED) is 0.725. The highest BCUT2D eigenvalue weighted by atomic mass is 35.5. The molecule has 144 valence electrons. The van der Waals surface area contributed by atoms with Crippen LogP contribution in [0.4, 0.5) is 11.4 Å². The number of halogens is 2. The molecule has 1 aliphatic heterocycles. The van der Waals surface area contributed by atoms with E-state index in [1.165, 1.54) is 0 Å². The zero-order valence-corrected chi connectivity index (χ0v) is 17.5. The van der Waals surface area contributed by atoms with Crippen LogP contribution in [0, 0.1) is 0 Å². The summed E-state index contributed by atoms with van der Waals surface area (Å²) in [5.74, 6) is 1.30. The van der Waals surface area contributed by atoms with Crippen molar-refractivity contribution in [3.8, 4) is 11.5 Å². The van der Waals surface area contributed by atoms with E-state index in [-0.39, 0.29) is 0 Å². The van der Waals surface area contributed by atoms with Gasteiger partial charge >= 0.3 is 0 Å². The number of hydrogen-bond acceptors (Lipinski definition) is 4. The number of nitrogens with zero attached hydrogens (tertiary/aromatic N) is 2. The third kappa shape index (κ3) is 4.51. The summed E-state index contributed by atoms with van der Waals surface area (Å²) in [7, 11) is 3.23. The summed E-state index contributed by atoms with van der Waals surface area (Å²) >= 11 is 17.7. The fraction of sp³-hybridized carbons (Fsp3) is 0.316. The summed E-state index contributed by atoms with van der Waals surface area (Å²) in [5.41, 5.74) is 1.85. The predicted octanol–water partition coefficient (Wildman–Crippen LogP) is 4.53. The number of methoxy groups -OCH3 is 2. The molecule has 1 fully saturated rings. The number of benzene rings is 2. The summed E-state index contributed by atoms with van der Waals surface area (Å²) in [5, 5.41) is 5.07. The van der Waals surface area contributed by atoms with Gasteiger partial charge in [-0.1, -0.05) is 29.3 Å². The Morgan fingerprint density at radius 1 is 1.00 bits per heavy atom. The fourth-order valence-corrected chi connectivity index (χ4v) is 3.61. The van der Waals surface area contributed by atoms with Gasteiger partial charge in [0.1, 0.15) is 0 Å². The number of anilines is 2. The molecule has 1 heterocycles. The van der Waals surface area contributed by atoms with Gasteiger partial charge in [-0.05, 0) is 42.5 Å². The second-order valence-electron chi connectivity index (χ2n) is 6.04. The zero-order valence-electron chi connectivity index (χ0n) is 15.2. The summed E-state index contributed by atoms with van der Waals surface area (Å²) in [4.78, 5) is 4.41. The van der Waals surface area contributed by atoms with Gasteiger partial charge in [0, 0.05) is 31.9 Å². The van der Waals surface area contributed by atoms with Crippen LogP contribution in [0.2, 0.25) is 10.0 Å². The topological polar surface area (TPSA) is 37.0 Å². The number of rotatable bonds is 4. The van der Waals surface area contributed by atoms with Crippen LogP contribution in [0.25, 0.3) is 0 Å². The number of piperazine rings is 1. The van der Waals surface area contributed by atoms with Gasteiger partial charge in [0.25, 0.3) is 0 Å². The van der Waals surface area contributed by atoms with Crippen LogP contribution in [0.1, 0.15) is 0 Å². The predicted molar refractivity (Wildman–Crippen MR) is 116 cm³/mol. The first-order valence-corrected chi connectivity index (χ1v) is 9.67. The first kappa shape index (κ1) is 19.9. The van der Waals surface area contributed by atoms with E-state index >= 15 is 0 Å². The molecule has 1 aliphatic rings. The number of nitrogens with one attached hydrogen (secondary N) is 1. The van der Waals surface area contributed by atoms with E-state index < -0.39 is 0 Å². The van der Waals surface area contributed by atoms with Crippen molar-refractivity contribution in [2.75, 3.05) is 50.6 Å². The maximum absolute atomic E-state index is 6.13. The molecule has 5 nitrogen and oxygen atoms in total. The van der Waals surface area contributed by atoms with Crippen molar-refractivity contribution < 1.29 is 9.47 Å². The van der Waals surface area contributed by atoms with Crippen LogP contribution < -0.4 is 19.7 Å². The summed E-state index contributed by atoms with van der Waals surface area (Å²) in [6.45, 7) is 3.29. The first-order chi connectivity index (χ1) is 13.0. The normalized spacial score (nSPS) is 14.1. The van der Waals surface area contributed by atoms with Crippen LogP contribution in [0.5, 0.6) is 11.5 Å². The molecule has 0 aliphatic carbocycles. The Bertz CT molecular complexity index is 827. The molecule has 0 unspecified atom stereocenters. The molecule has 0 radical (unpaired) electrons. The van der Waals surface area contributed by atoms with Crippen molar-refractivity contribution in [1.82, 2.24) is 4.90 Å². The van der Waals surface area contributed by atoms with Crippen LogP contribution in [0.15, 0.2) is 36.4 Å². The third-order valence-electron chi connectivity index (χ3n) is 4.48. The van der Waals surface area contributed by atoms with E-state index in [2.05, 4.69) is 15.1 Å². The molecule has 1 N–H and O–H groups in total. The number of ether oxygens (including phenoxy) is 2. The van der Waals surface area contributed by atoms with Gasteiger partial charge in [0.15, 0.2) is 16.6 Å². The lowest BCUT2D eigenvalue weighted by molar-refractivity contribution is 0.356. The van der Waals surface area contributed by atoms with E-state index in [1.54, 1.807) is 14.2 Å². The zero-order chi connectivity index (χ0) is 19.4. The van der Waals surface area contributed by atoms with Crippen molar-refractivity contribution >= 4 is 51.9 Å². The Morgan fingerprint density at radius 3 is 2.37 bits per heavy atom. The van der Waals surface area contributed by atoms with Crippen LogP contribution in [-0.4, -0.2) is 50.4 Å². The third-order valence-corrected chi connectivity index (χ3v) is 5.58. The Morgan fingerprint density at radius 2 is 1.74 bits per heavy atom. The lowest BCUT2D eigenvalue weighted by Crippen LogP contribution is -2.50. The fourth-order valence-electron chi connectivity index (χ4n) is 3.03. The maximum Gasteiger partial charge on any atom is 0.184 e. The average Bonchev–Trinajstić information content (AvgIpc) is 2.70. The molecule has 0 aromatic heterocycles. The molecular formula is C19H21Cl2N3O2S. The van der Waals surface area contributed by atoms with Crippen molar-refractivity contribution in [1.29, 1.82) is 0 Å². The molecule has 0 spiro atoms. The molecule has 0 atom stereocenters. The Balaban J connectivity index is 1.63. The van der Waals surface area contributed by atoms with E-state index in [9.17, 15) is 0 Å². The van der Waals surface area contributed by atoms with Gasteiger partial charge in [-0.15, -0.1) is 0 Å². The van der Waals surface area contributed by atoms with E-state index in [0.29, 0.717) is 26.7 Å². The Kier molecular flexibility index (Phi) is 6.52. The summed E-state index contributed by atoms with van der Waals surface area (Å²) < 4.78 is 10.8. The number of thiocarbonyl (C=S) groups is 1. The second kappa shape index (κ2) is 8.87. The summed E-state index contributed by atoms with van der Waals surface area (Å²) in [6.07, 6.45) is 0. The molecule has 0 bridgehead atoms. The molecule has 0 amide bonds. The van der Waals surface area contributed by atoms with E-state index in [1.807, 2.05) is 36.4 Å². The van der Waals surface area contributed by atoms with Crippen LogP contribution in [0.3, 0.4) is 0 Å². The largest absolute Gasteiger partial charge is 0.493 e. The van der Waals surface area contributed by atoms with Crippen molar-refractivity contribution in [3.05, 3.63) is 46.4 Å². The van der Waals surface area contributed by atoms with Gasteiger partial charge in [-0.2, -0.15) is 0 Å². The highest BCUT2D eigenvalue weighted by Gasteiger charge is 2.21. The minimum absolute atomic E-state index is 0.566. The standard InChI is InChI=1S/C19H21Cl2N3O2S/c1-25-17-5-3-4-16(18(17)26-2)22-19(27)24-10-8-23(9-11-24)13-6-7-14(20)15(21)12-13/h3-7,12H,8-11H2,1-2H3,(H,22,27). The minimum Gasteiger partial charge on any atom is -0.493 e. The highest BCUT2D eigenvalue weighted by molar-refractivity contribution is 7.80. The van der Waals surface area contributed by atoms with Crippen LogP contribution >= 0.6 is 35.4 Å². The SMILES string of the molecule is COc1cccc(NC(=S)N2CCN(c3ccc(Cl)c(Cl)c3)CC2)c1OC. The van der Waals surface area contributed by atoms with E-state index in [0.717, 1.165) is 37.6 Å². The number of hydrogen-bond donors (Lipinski definition) is 1. The molecule has 2 aromatic carbocycles. The smallest absolute Gasteiger partial charge is 0.184 e. The maximum atomic E-state index is 6.13. The van der Waals surface area contributed by atoms with Crippen molar-refractivity contribution in [3.63, 3.8) is 0 Å². The lowest BCUT2D eigenvalue weighted by atomic mass is 10.2. The van der Waals surface area contributed by atoms with Crippen molar-refractivity contribution in [2.45, 2.75) is 0 Å².